The molecule has 0 unspecified atom stereocenters. The van der Waals surface area contributed by atoms with Gasteiger partial charge in [0.1, 0.15) is 6.61 Å². The molecule has 0 saturated carbocycles. The lowest BCUT2D eigenvalue weighted by Gasteiger charge is -2.14. The molecule has 0 aliphatic heterocycles. The van der Waals surface area contributed by atoms with Gasteiger partial charge in [-0.2, -0.15) is 4.39 Å². The zero-order valence-corrected chi connectivity index (χ0v) is 16.9. The number of nitrogens with zero attached hydrogens (tertiary/aromatic N) is 1. The maximum absolute atomic E-state index is 13.1. The van der Waals surface area contributed by atoms with Crippen molar-refractivity contribution in [2.75, 3.05) is 13.2 Å². The van der Waals surface area contributed by atoms with Crippen LogP contribution in [0.1, 0.15) is 29.0 Å². The minimum Gasteiger partial charge on any atom is -0.449 e. The van der Waals surface area contributed by atoms with Crippen molar-refractivity contribution < 1.29 is 13.9 Å². The van der Waals surface area contributed by atoms with Gasteiger partial charge in [-0.15, -0.1) is 0 Å². The van der Waals surface area contributed by atoms with Gasteiger partial charge in [-0.05, 0) is 40.3 Å². The second kappa shape index (κ2) is 9.09. The van der Waals surface area contributed by atoms with Crippen LogP contribution in [-0.2, 0) is 4.74 Å². The molecule has 6 heteroatoms. The summed E-state index contributed by atoms with van der Waals surface area (Å²) < 4.78 is 18.5. The number of amides is 1. The summed E-state index contributed by atoms with van der Waals surface area (Å²) in [6, 6.07) is 17.9. The van der Waals surface area contributed by atoms with Gasteiger partial charge in [-0.3, -0.25) is 0 Å². The zero-order valence-electron chi connectivity index (χ0n) is 16.1. The summed E-state index contributed by atoms with van der Waals surface area (Å²) in [5.74, 6) is -0.649. The van der Waals surface area contributed by atoms with E-state index in [2.05, 4.69) is 34.6 Å². The topological polar surface area (TPSA) is 51.2 Å². The van der Waals surface area contributed by atoms with E-state index in [9.17, 15) is 9.18 Å². The van der Waals surface area contributed by atoms with Gasteiger partial charge in [-0.1, -0.05) is 72.3 Å². The number of halogens is 2. The number of hydrogen-bond acceptors (Lipinski definition) is 3. The minimum absolute atomic E-state index is 0.0195. The summed E-state index contributed by atoms with van der Waals surface area (Å²) in [5.41, 5.74) is 5.45. The summed E-state index contributed by atoms with van der Waals surface area (Å²) in [5, 5.41) is 2.73. The molecule has 1 aliphatic carbocycles. The number of carbonyl (C=O) groups is 1. The van der Waals surface area contributed by atoms with Crippen molar-refractivity contribution in [2.45, 2.75) is 12.3 Å². The Balaban J connectivity index is 1.27. The first-order valence-electron chi connectivity index (χ1n) is 9.70. The van der Waals surface area contributed by atoms with Crippen LogP contribution < -0.4 is 5.32 Å². The van der Waals surface area contributed by atoms with E-state index in [1.807, 2.05) is 30.3 Å². The van der Waals surface area contributed by atoms with Crippen LogP contribution in [0, 0.1) is 5.95 Å². The Hall–Kier alpha value is -3.18. The molecule has 1 aliphatic rings. The fourth-order valence-corrected chi connectivity index (χ4v) is 3.83. The van der Waals surface area contributed by atoms with Crippen molar-refractivity contribution in [3.63, 3.8) is 0 Å². The number of hydrogen-bond donors (Lipinski definition) is 1. The predicted octanol–water partition coefficient (Wildman–Crippen LogP) is 5.82. The first kappa shape index (κ1) is 20.1. The first-order valence-corrected chi connectivity index (χ1v) is 10.1. The molecule has 1 aromatic heterocycles. The molecular formula is C24H20ClFN2O2. The van der Waals surface area contributed by atoms with Crippen molar-refractivity contribution >= 4 is 23.8 Å². The summed E-state index contributed by atoms with van der Waals surface area (Å²) in [6.07, 6.45) is 5.18. The zero-order chi connectivity index (χ0) is 20.9. The molecule has 0 bridgehead atoms. The molecule has 1 N–H and O–H groups in total. The van der Waals surface area contributed by atoms with Crippen LogP contribution in [0.25, 0.3) is 17.2 Å². The Bertz CT molecular complexity index is 1050. The van der Waals surface area contributed by atoms with Gasteiger partial charge in [0.15, 0.2) is 0 Å². The molecule has 3 aromatic rings. The van der Waals surface area contributed by atoms with Crippen molar-refractivity contribution in [1.82, 2.24) is 10.3 Å². The number of alkyl carbamates (subject to hydrolysis) is 1. The van der Waals surface area contributed by atoms with E-state index in [0.29, 0.717) is 18.5 Å². The first-order chi connectivity index (χ1) is 14.6. The number of benzene rings is 2. The average Bonchev–Trinajstić information content (AvgIpc) is 3.08. The molecule has 1 heterocycles. The highest BCUT2D eigenvalue weighted by Crippen LogP contribution is 2.44. The number of rotatable bonds is 6. The van der Waals surface area contributed by atoms with Gasteiger partial charge in [0.2, 0.25) is 5.95 Å². The fourth-order valence-electron chi connectivity index (χ4n) is 3.65. The predicted molar refractivity (Wildman–Crippen MR) is 116 cm³/mol. The molecule has 4 nitrogen and oxygen atoms in total. The Labute approximate surface area is 179 Å². The lowest BCUT2D eigenvalue weighted by molar-refractivity contribution is 0.143. The number of carbonyl (C=O) groups excluding carboxylic acids is 1. The van der Waals surface area contributed by atoms with Gasteiger partial charge in [0.25, 0.3) is 0 Å². The van der Waals surface area contributed by atoms with E-state index in [0.717, 1.165) is 0 Å². The van der Waals surface area contributed by atoms with Crippen LogP contribution in [0.15, 0.2) is 66.9 Å². The summed E-state index contributed by atoms with van der Waals surface area (Å²) >= 11 is 5.70. The molecule has 30 heavy (non-hydrogen) atoms. The van der Waals surface area contributed by atoms with E-state index in [1.54, 1.807) is 6.08 Å². The van der Waals surface area contributed by atoms with Crippen molar-refractivity contribution in [3.05, 3.63) is 94.5 Å². The van der Waals surface area contributed by atoms with Gasteiger partial charge in [-0.25, -0.2) is 9.78 Å². The number of ether oxygens (including phenoxy) is 1. The van der Waals surface area contributed by atoms with Crippen LogP contribution in [0.3, 0.4) is 0 Å². The fraction of sp³-hybridized carbons (Fsp3) is 0.167. The summed E-state index contributed by atoms with van der Waals surface area (Å²) in [7, 11) is 0. The van der Waals surface area contributed by atoms with Crippen molar-refractivity contribution in [2.24, 2.45) is 0 Å². The van der Waals surface area contributed by atoms with E-state index in [-0.39, 0.29) is 17.5 Å². The molecule has 0 saturated heterocycles. The third-order valence-electron chi connectivity index (χ3n) is 5.05. The monoisotopic (exact) mass is 422 g/mol. The van der Waals surface area contributed by atoms with Crippen LogP contribution >= 0.6 is 11.6 Å². The van der Waals surface area contributed by atoms with Gasteiger partial charge >= 0.3 is 6.09 Å². The van der Waals surface area contributed by atoms with Crippen molar-refractivity contribution in [3.8, 4) is 11.1 Å². The normalized spacial score (nSPS) is 12.6. The highest BCUT2D eigenvalue weighted by atomic mass is 35.5. The van der Waals surface area contributed by atoms with E-state index >= 15 is 0 Å². The number of fused-ring (bicyclic) bond motifs is 3. The molecular weight excluding hydrogens is 403 g/mol. The van der Waals surface area contributed by atoms with Gasteiger partial charge in [0.05, 0.1) is 5.02 Å². The van der Waals surface area contributed by atoms with E-state index < -0.39 is 12.0 Å². The van der Waals surface area contributed by atoms with E-state index in [1.165, 1.54) is 34.5 Å². The second-order valence-corrected chi connectivity index (χ2v) is 7.39. The molecule has 0 fully saturated rings. The maximum Gasteiger partial charge on any atom is 0.407 e. The minimum atomic E-state index is -0.689. The van der Waals surface area contributed by atoms with Crippen LogP contribution in [0.2, 0.25) is 5.02 Å². The highest BCUT2D eigenvalue weighted by molar-refractivity contribution is 6.30. The molecule has 0 spiro atoms. The smallest absolute Gasteiger partial charge is 0.407 e. The number of nitrogens with one attached hydrogen (secondary N) is 1. The molecule has 1 amide bonds. The van der Waals surface area contributed by atoms with E-state index in [4.69, 9.17) is 16.3 Å². The standard InChI is InChI=1S/C24H20ClFN2O2/c25-22-13-16(14-28-23(22)26)7-5-6-12-27-24(29)30-15-21-19-10-3-1-8-17(19)18-9-2-4-11-20(18)21/h1-5,7-11,13-14,21H,6,12,15H2,(H,27,29). The van der Waals surface area contributed by atoms with Crippen LogP contribution in [0.4, 0.5) is 9.18 Å². The third-order valence-corrected chi connectivity index (χ3v) is 5.32. The lowest BCUT2D eigenvalue weighted by Crippen LogP contribution is -2.26. The van der Waals surface area contributed by atoms with Gasteiger partial charge < -0.3 is 10.1 Å². The number of pyridine rings is 1. The molecule has 4 rings (SSSR count). The largest absolute Gasteiger partial charge is 0.449 e. The van der Waals surface area contributed by atoms with Crippen LogP contribution in [-0.4, -0.2) is 24.2 Å². The molecule has 152 valence electrons. The molecule has 0 radical (unpaired) electrons. The number of aromatic nitrogens is 1. The Morgan fingerprint density at radius 2 is 1.80 bits per heavy atom. The van der Waals surface area contributed by atoms with Crippen molar-refractivity contribution in [1.29, 1.82) is 0 Å². The SMILES string of the molecule is O=C(NCCC=Cc1cnc(F)c(Cl)c1)OCC1c2ccccc2-c2ccccc21. The third kappa shape index (κ3) is 4.36. The van der Waals surface area contributed by atoms with Gasteiger partial charge in [0, 0.05) is 18.7 Å². The summed E-state index contributed by atoms with van der Waals surface area (Å²) in [6.45, 7) is 0.713. The van der Waals surface area contributed by atoms with Crippen LogP contribution in [0.5, 0.6) is 0 Å². The average molecular weight is 423 g/mol. The summed E-state index contributed by atoms with van der Waals surface area (Å²) in [4.78, 5) is 15.7. The Morgan fingerprint density at radius 1 is 1.13 bits per heavy atom. The Kier molecular flexibility index (Phi) is 6.10. The maximum atomic E-state index is 13.1. The molecule has 0 atom stereocenters. The lowest BCUT2D eigenvalue weighted by atomic mass is 9.98. The highest BCUT2D eigenvalue weighted by Gasteiger charge is 2.28. The second-order valence-electron chi connectivity index (χ2n) is 6.98. The Morgan fingerprint density at radius 3 is 2.47 bits per heavy atom. The molecule has 2 aromatic carbocycles. The quantitative estimate of drug-likeness (QED) is 0.402.